The third-order valence-corrected chi connectivity index (χ3v) is 5.88. The van der Waals surface area contributed by atoms with Crippen LogP contribution in [-0.2, 0) is 16.0 Å². The Labute approximate surface area is 168 Å². The van der Waals surface area contributed by atoms with Crippen molar-refractivity contribution in [1.29, 1.82) is 0 Å². The average Bonchev–Trinajstić information content (AvgIpc) is 2.71. The molecule has 3 aromatic rings. The predicted octanol–water partition coefficient (Wildman–Crippen LogP) is 4.72. The molecule has 3 aromatic carbocycles. The Morgan fingerprint density at radius 1 is 0.929 bits per heavy atom. The van der Waals surface area contributed by atoms with E-state index in [-0.39, 0.29) is 18.2 Å². The molecule has 1 aliphatic rings. The minimum Gasteiger partial charge on any atom is -0.326 e. The van der Waals surface area contributed by atoms with Gasteiger partial charge in [0.05, 0.1) is 10.9 Å². The lowest BCUT2D eigenvalue weighted by Crippen LogP contribution is -2.32. The Morgan fingerprint density at radius 2 is 1.64 bits per heavy atom. The zero-order valence-corrected chi connectivity index (χ0v) is 16.0. The number of carbonyl (C=O) groups is 2. The smallest absolute Gasteiger partial charge is 0.238 e. The van der Waals surface area contributed by atoms with Gasteiger partial charge in [-0.3, -0.25) is 9.59 Å². The van der Waals surface area contributed by atoms with E-state index < -0.39 is 5.25 Å². The molecule has 4 nitrogen and oxygen atoms in total. The van der Waals surface area contributed by atoms with Gasteiger partial charge in [0.1, 0.15) is 0 Å². The summed E-state index contributed by atoms with van der Waals surface area (Å²) < 4.78 is 0. The van der Waals surface area contributed by atoms with Crippen molar-refractivity contribution >= 4 is 35.0 Å². The van der Waals surface area contributed by atoms with Crippen molar-refractivity contribution in [2.45, 2.75) is 23.0 Å². The molecule has 1 atom stereocenters. The van der Waals surface area contributed by atoms with Crippen LogP contribution in [0.2, 0.25) is 0 Å². The SMILES string of the molecule is O=C(C[C@@H]1Sc2ccccc2NC1=O)Nc1ccccc1Cc1ccccc1. The number of thioether (sulfide) groups is 1. The summed E-state index contributed by atoms with van der Waals surface area (Å²) in [6.45, 7) is 0. The van der Waals surface area contributed by atoms with E-state index in [1.165, 1.54) is 17.3 Å². The van der Waals surface area contributed by atoms with Crippen molar-refractivity contribution in [2.24, 2.45) is 0 Å². The van der Waals surface area contributed by atoms with Crippen LogP contribution in [0.5, 0.6) is 0 Å². The Hall–Kier alpha value is -3.05. The summed E-state index contributed by atoms with van der Waals surface area (Å²) in [5.41, 5.74) is 3.83. The number of amides is 2. The predicted molar refractivity (Wildman–Crippen MR) is 114 cm³/mol. The molecule has 1 aliphatic heterocycles. The highest BCUT2D eigenvalue weighted by Crippen LogP contribution is 2.36. The van der Waals surface area contributed by atoms with E-state index in [4.69, 9.17) is 0 Å². The molecule has 0 saturated heterocycles. The minimum atomic E-state index is -0.434. The monoisotopic (exact) mass is 388 g/mol. The molecular weight excluding hydrogens is 368 g/mol. The third kappa shape index (κ3) is 4.26. The minimum absolute atomic E-state index is 0.128. The van der Waals surface area contributed by atoms with Gasteiger partial charge in [-0.25, -0.2) is 0 Å². The van der Waals surface area contributed by atoms with E-state index in [1.54, 1.807) is 0 Å². The van der Waals surface area contributed by atoms with Gasteiger partial charge in [0.25, 0.3) is 0 Å². The van der Waals surface area contributed by atoms with Gasteiger partial charge >= 0.3 is 0 Å². The lowest BCUT2D eigenvalue weighted by atomic mass is 10.0. The molecule has 2 N–H and O–H groups in total. The van der Waals surface area contributed by atoms with Gasteiger partial charge in [-0.1, -0.05) is 60.7 Å². The van der Waals surface area contributed by atoms with Crippen molar-refractivity contribution in [3.05, 3.63) is 90.0 Å². The highest BCUT2D eigenvalue weighted by molar-refractivity contribution is 8.01. The summed E-state index contributed by atoms with van der Waals surface area (Å²) in [6.07, 6.45) is 0.869. The largest absolute Gasteiger partial charge is 0.326 e. The van der Waals surface area contributed by atoms with Gasteiger partial charge in [0.2, 0.25) is 11.8 Å². The quantitative estimate of drug-likeness (QED) is 0.665. The van der Waals surface area contributed by atoms with Crippen LogP contribution >= 0.6 is 11.8 Å². The third-order valence-electron chi connectivity index (χ3n) is 4.61. The van der Waals surface area contributed by atoms with E-state index in [9.17, 15) is 9.59 Å². The molecule has 4 rings (SSSR count). The number of hydrogen-bond donors (Lipinski definition) is 2. The van der Waals surface area contributed by atoms with Crippen molar-refractivity contribution in [3.8, 4) is 0 Å². The lowest BCUT2D eigenvalue weighted by Gasteiger charge is -2.23. The Kier molecular flexibility index (Phi) is 5.44. The standard InChI is InChI=1S/C23H20N2O2S/c26-22(15-21-23(27)25-19-12-6-7-13-20(19)28-21)24-18-11-5-4-10-17(18)14-16-8-2-1-3-9-16/h1-13,21H,14-15H2,(H,24,26)(H,25,27)/t21-/m0/s1. The van der Waals surface area contributed by atoms with Crippen LogP contribution < -0.4 is 10.6 Å². The fourth-order valence-corrected chi connectivity index (χ4v) is 4.32. The van der Waals surface area contributed by atoms with Gasteiger partial charge in [-0.15, -0.1) is 11.8 Å². The summed E-state index contributed by atoms with van der Waals surface area (Å²) in [4.78, 5) is 26.0. The van der Waals surface area contributed by atoms with Gasteiger partial charge in [0.15, 0.2) is 0 Å². The number of benzene rings is 3. The lowest BCUT2D eigenvalue weighted by molar-refractivity contribution is -0.120. The molecule has 5 heteroatoms. The first-order chi connectivity index (χ1) is 13.7. The normalized spacial score (nSPS) is 15.4. The van der Waals surface area contributed by atoms with E-state index >= 15 is 0 Å². The van der Waals surface area contributed by atoms with Gasteiger partial charge in [-0.2, -0.15) is 0 Å². The van der Waals surface area contributed by atoms with Crippen LogP contribution in [0.25, 0.3) is 0 Å². The topological polar surface area (TPSA) is 58.2 Å². The molecule has 1 heterocycles. The molecular formula is C23H20N2O2S. The summed E-state index contributed by atoms with van der Waals surface area (Å²) in [7, 11) is 0. The number of carbonyl (C=O) groups excluding carboxylic acids is 2. The van der Waals surface area contributed by atoms with E-state index in [1.807, 2.05) is 66.7 Å². The van der Waals surface area contributed by atoms with Gasteiger partial charge in [-0.05, 0) is 35.7 Å². The second-order valence-electron chi connectivity index (χ2n) is 6.66. The average molecular weight is 388 g/mol. The van der Waals surface area contributed by atoms with Crippen LogP contribution in [-0.4, -0.2) is 17.1 Å². The first kappa shape index (κ1) is 18.3. The second-order valence-corrected chi connectivity index (χ2v) is 7.91. The molecule has 0 saturated carbocycles. The maximum atomic E-state index is 12.6. The summed E-state index contributed by atoms with van der Waals surface area (Å²) >= 11 is 1.44. The van der Waals surface area contributed by atoms with Crippen LogP contribution in [0.3, 0.4) is 0 Å². The van der Waals surface area contributed by atoms with Gasteiger partial charge in [0, 0.05) is 17.0 Å². The molecule has 2 amide bonds. The molecule has 0 unspecified atom stereocenters. The molecule has 0 aliphatic carbocycles. The van der Waals surface area contributed by atoms with Crippen LogP contribution in [0.15, 0.2) is 83.8 Å². The molecule has 0 aromatic heterocycles. The maximum Gasteiger partial charge on any atom is 0.238 e. The number of anilines is 2. The van der Waals surface area contributed by atoms with E-state index in [0.29, 0.717) is 0 Å². The fraction of sp³-hybridized carbons (Fsp3) is 0.130. The summed E-state index contributed by atoms with van der Waals surface area (Å²) in [5.74, 6) is -0.288. The zero-order valence-electron chi connectivity index (χ0n) is 15.2. The van der Waals surface area contributed by atoms with Crippen LogP contribution in [0.1, 0.15) is 17.5 Å². The van der Waals surface area contributed by atoms with Crippen molar-refractivity contribution in [3.63, 3.8) is 0 Å². The molecule has 0 radical (unpaired) electrons. The molecule has 0 fully saturated rings. The fourth-order valence-electron chi connectivity index (χ4n) is 3.21. The molecule has 28 heavy (non-hydrogen) atoms. The number of para-hydroxylation sites is 2. The van der Waals surface area contributed by atoms with E-state index in [0.717, 1.165) is 28.3 Å². The highest BCUT2D eigenvalue weighted by atomic mass is 32.2. The number of nitrogens with one attached hydrogen (secondary N) is 2. The second kappa shape index (κ2) is 8.31. The Bertz CT molecular complexity index is 1000. The Balaban J connectivity index is 1.44. The van der Waals surface area contributed by atoms with Crippen molar-refractivity contribution < 1.29 is 9.59 Å². The zero-order chi connectivity index (χ0) is 19.3. The number of rotatable bonds is 5. The molecule has 0 bridgehead atoms. The van der Waals surface area contributed by atoms with Crippen LogP contribution in [0.4, 0.5) is 11.4 Å². The summed E-state index contributed by atoms with van der Waals surface area (Å²) in [5, 5.41) is 5.44. The van der Waals surface area contributed by atoms with Crippen molar-refractivity contribution in [2.75, 3.05) is 10.6 Å². The van der Waals surface area contributed by atoms with Gasteiger partial charge < -0.3 is 10.6 Å². The number of fused-ring (bicyclic) bond motifs is 1. The van der Waals surface area contributed by atoms with Crippen LogP contribution in [0, 0.1) is 0 Å². The highest BCUT2D eigenvalue weighted by Gasteiger charge is 2.28. The maximum absolute atomic E-state index is 12.6. The van der Waals surface area contributed by atoms with E-state index in [2.05, 4.69) is 22.8 Å². The first-order valence-corrected chi connectivity index (χ1v) is 10.1. The number of hydrogen-bond acceptors (Lipinski definition) is 3. The first-order valence-electron chi connectivity index (χ1n) is 9.17. The summed E-state index contributed by atoms with van der Waals surface area (Å²) in [6, 6.07) is 25.6. The molecule has 140 valence electrons. The molecule has 0 spiro atoms. The van der Waals surface area contributed by atoms with Crippen molar-refractivity contribution in [1.82, 2.24) is 0 Å². The Morgan fingerprint density at radius 3 is 2.50 bits per heavy atom.